The zero-order valence-corrected chi connectivity index (χ0v) is 28.0. The average molecular weight is 691 g/mol. The number of H-pyrrole nitrogens is 1. The molecule has 3 aromatic rings. The summed E-state index contributed by atoms with van der Waals surface area (Å²) in [5.41, 5.74) is 11.9. The number of Topliss-reactive ketones (excluding diaryl/α,β-unsaturated/α-hetero) is 1. The molecule has 0 radical (unpaired) electrons. The molecule has 0 aliphatic carbocycles. The number of benzene rings is 2. The third-order valence-electron chi connectivity index (χ3n) is 9.16. The maximum Gasteiger partial charge on any atom is 0.162 e. The van der Waals surface area contributed by atoms with Crippen molar-refractivity contribution in [2.24, 2.45) is 15.4 Å². The molecule has 44 heavy (non-hydrogen) atoms. The van der Waals surface area contributed by atoms with Gasteiger partial charge in [0, 0.05) is 36.9 Å². The fourth-order valence-corrected chi connectivity index (χ4v) is 7.58. The number of hydrogen-bond acceptors (Lipinski definition) is 4. The molecule has 0 spiro atoms. The fraction of sp³-hybridized carbons (Fsp3) is 0.237. The number of carbonyl (C=O) groups is 1. The first kappa shape index (κ1) is 28.9. The molecular formula is C38H35IN4O. The zero-order chi connectivity index (χ0) is 30.9. The number of nitrogens with zero attached hydrogens (tertiary/aromatic N) is 2. The van der Waals surface area contributed by atoms with Crippen molar-refractivity contribution in [3.63, 3.8) is 0 Å². The number of hydrogen-bond donors (Lipinski definition) is 2. The number of fused-ring (bicyclic) bond motifs is 6. The highest BCUT2D eigenvalue weighted by Crippen LogP contribution is 2.39. The summed E-state index contributed by atoms with van der Waals surface area (Å²) in [6.07, 6.45) is 10.5. The van der Waals surface area contributed by atoms with E-state index in [4.69, 9.17) is 9.98 Å². The minimum Gasteiger partial charge on any atom is -0.355 e. The maximum absolute atomic E-state index is 13.8. The summed E-state index contributed by atoms with van der Waals surface area (Å²) >= 11 is 2.31. The van der Waals surface area contributed by atoms with Crippen LogP contribution in [0.25, 0.3) is 17.2 Å². The Morgan fingerprint density at radius 1 is 0.773 bits per heavy atom. The van der Waals surface area contributed by atoms with Crippen LogP contribution >= 0.6 is 22.6 Å². The van der Waals surface area contributed by atoms with Gasteiger partial charge < -0.3 is 4.98 Å². The van der Waals surface area contributed by atoms with Crippen LogP contribution < -0.4 is 16.0 Å². The molecule has 2 unspecified atom stereocenters. The minimum atomic E-state index is -0.589. The quantitative estimate of drug-likeness (QED) is 0.312. The van der Waals surface area contributed by atoms with E-state index in [1.54, 1.807) is 0 Å². The standard InChI is InChI=1S/C38H35IN4O/c1-20-7-9-24(10-8-20)33-26-12-11-25(40-26)19-31-38(5,6)37(44)36(43-31)35(39)30-16-15-29(42-30)34(28-14-13-27(33)41-28)32-22(3)17-21(2)18-23(32)4/h7-19,31,36,40,43H,1-6H3/b25-19-,33-26?,34-28+,35-30+. The Hall–Kier alpha value is -3.88. The summed E-state index contributed by atoms with van der Waals surface area (Å²) in [7, 11) is 0. The number of ketones is 1. The Morgan fingerprint density at radius 2 is 1.41 bits per heavy atom. The molecule has 1 fully saturated rings. The lowest BCUT2D eigenvalue weighted by atomic mass is 9.82. The van der Waals surface area contributed by atoms with Crippen molar-refractivity contribution in [2.45, 2.75) is 53.6 Å². The fourth-order valence-electron chi connectivity index (χ4n) is 6.81. The summed E-state index contributed by atoms with van der Waals surface area (Å²) in [6.45, 7) is 12.6. The Balaban J connectivity index is 1.57. The van der Waals surface area contributed by atoms with Crippen LogP contribution in [-0.2, 0) is 4.79 Å². The normalized spacial score (nSPS) is 26.2. The van der Waals surface area contributed by atoms with Crippen LogP contribution in [0, 0.1) is 33.1 Å². The van der Waals surface area contributed by atoms with E-state index in [2.05, 4.69) is 133 Å². The molecule has 7 rings (SSSR count). The van der Waals surface area contributed by atoms with Crippen LogP contribution in [0.1, 0.15) is 47.2 Å². The van der Waals surface area contributed by atoms with Gasteiger partial charge in [0.15, 0.2) is 5.78 Å². The second-order valence-corrected chi connectivity index (χ2v) is 14.0. The van der Waals surface area contributed by atoms with Crippen molar-refractivity contribution < 1.29 is 4.79 Å². The highest BCUT2D eigenvalue weighted by molar-refractivity contribution is 14.1. The molecule has 1 aromatic heterocycles. The molecular weight excluding hydrogens is 655 g/mol. The molecule has 0 saturated carbocycles. The van der Waals surface area contributed by atoms with Crippen LogP contribution in [0.2, 0.25) is 0 Å². The van der Waals surface area contributed by atoms with Crippen molar-refractivity contribution in [3.05, 3.63) is 132 Å². The van der Waals surface area contributed by atoms with Crippen LogP contribution in [0.4, 0.5) is 0 Å². The first-order chi connectivity index (χ1) is 21.0. The third-order valence-corrected chi connectivity index (χ3v) is 10.3. The molecule has 2 N–H and O–H groups in total. The molecule has 8 bridgehead atoms. The summed E-state index contributed by atoms with van der Waals surface area (Å²) < 4.78 is 0.907. The first-order valence-electron chi connectivity index (χ1n) is 15.1. The van der Waals surface area contributed by atoms with Gasteiger partial charge in [-0.2, -0.15) is 0 Å². The molecule has 5 heterocycles. The topological polar surface area (TPSA) is 69.6 Å². The number of aliphatic imine (C=N–C) groups is 2. The van der Waals surface area contributed by atoms with Crippen molar-refractivity contribution in [3.8, 4) is 0 Å². The molecule has 5 nitrogen and oxygen atoms in total. The van der Waals surface area contributed by atoms with Crippen molar-refractivity contribution in [2.75, 3.05) is 0 Å². The Labute approximate surface area is 271 Å². The van der Waals surface area contributed by atoms with E-state index >= 15 is 0 Å². The van der Waals surface area contributed by atoms with Crippen molar-refractivity contribution in [1.82, 2.24) is 10.3 Å². The third kappa shape index (κ3) is 4.75. The summed E-state index contributed by atoms with van der Waals surface area (Å²) in [5, 5.41) is 5.59. The number of rotatable bonds is 2. The highest BCUT2D eigenvalue weighted by Gasteiger charge is 2.48. The van der Waals surface area contributed by atoms with Crippen LogP contribution in [0.3, 0.4) is 0 Å². The number of halogens is 1. The van der Waals surface area contributed by atoms with Crippen LogP contribution in [-0.4, -0.2) is 34.3 Å². The van der Waals surface area contributed by atoms with Crippen molar-refractivity contribution >= 4 is 57.0 Å². The van der Waals surface area contributed by atoms with E-state index in [1.807, 2.05) is 19.9 Å². The van der Waals surface area contributed by atoms with Gasteiger partial charge in [0.25, 0.3) is 0 Å². The monoisotopic (exact) mass is 690 g/mol. The minimum absolute atomic E-state index is 0.148. The predicted molar refractivity (Wildman–Crippen MR) is 189 cm³/mol. The van der Waals surface area contributed by atoms with Gasteiger partial charge in [-0.15, -0.1) is 0 Å². The molecule has 6 heteroatoms. The van der Waals surface area contributed by atoms with E-state index in [9.17, 15) is 4.79 Å². The largest absolute Gasteiger partial charge is 0.355 e. The van der Waals surface area contributed by atoms with E-state index in [0.717, 1.165) is 59.4 Å². The predicted octanol–water partition coefficient (Wildman–Crippen LogP) is 6.26. The van der Waals surface area contributed by atoms with Gasteiger partial charge in [-0.05, 0) is 115 Å². The smallest absolute Gasteiger partial charge is 0.162 e. The van der Waals surface area contributed by atoms with Gasteiger partial charge in [0.2, 0.25) is 0 Å². The van der Waals surface area contributed by atoms with Crippen molar-refractivity contribution in [1.29, 1.82) is 0 Å². The molecule has 2 atom stereocenters. The lowest BCUT2D eigenvalue weighted by molar-refractivity contribution is -0.124. The van der Waals surface area contributed by atoms with E-state index in [-0.39, 0.29) is 11.8 Å². The SMILES string of the molecule is Cc1ccc(C2=c3cc/c([nH]3)=C/C3NC(C(=O)C3(C)C)/C(I)=C3/C=CC(=N3)/C(c3c(C)cc(C)cc3C)=C3/C=CC2=N3)cc1. The number of aryl methyl sites for hydroxylation is 4. The summed E-state index contributed by atoms with van der Waals surface area (Å²) in [5.74, 6) is 0.173. The molecule has 4 aliphatic heterocycles. The van der Waals surface area contributed by atoms with Gasteiger partial charge in [0.1, 0.15) is 6.04 Å². The molecule has 0 amide bonds. The number of allylic oxidation sites excluding steroid dienone is 5. The molecule has 220 valence electrons. The van der Waals surface area contributed by atoms with Gasteiger partial charge in [-0.1, -0.05) is 61.4 Å². The number of aromatic amines is 1. The number of aromatic nitrogens is 1. The lowest BCUT2D eigenvalue weighted by Crippen LogP contribution is -2.35. The van der Waals surface area contributed by atoms with Crippen LogP contribution in [0.5, 0.6) is 0 Å². The van der Waals surface area contributed by atoms with Gasteiger partial charge in [-0.25, -0.2) is 9.98 Å². The average Bonchev–Trinajstić information content (AvgIpc) is 3.77. The summed E-state index contributed by atoms with van der Waals surface area (Å²) in [4.78, 5) is 28.0. The summed E-state index contributed by atoms with van der Waals surface area (Å²) in [6, 6.07) is 16.7. The maximum atomic E-state index is 13.8. The van der Waals surface area contributed by atoms with E-state index < -0.39 is 11.5 Å². The molecule has 2 aromatic carbocycles. The Bertz CT molecular complexity index is 2060. The van der Waals surface area contributed by atoms with Gasteiger partial charge in [0.05, 0.1) is 22.8 Å². The van der Waals surface area contributed by atoms with Crippen LogP contribution in [0.15, 0.2) is 97.8 Å². The molecule has 1 saturated heterocycles. The van der Waals surface area contributed by atoms with Gasteiger partial charge >= 0.3 is 0 Å². The first-order valence-corrected chi connectivity index (χ1v) is 16.1. The zero-order valence-electron chi connectivity index (χ0n) is 25.8. The second-order valence-electron chi connectivity index (χ2n) is 12.8. The van der Waals surface area contributed by atoms with E-state index in [0.29, 0.717) is 0 Å². The Kier molecular flexibility index (Phi) is 6.98. The Morgan fingerprint density at radius 3 is 2.11 bits per heavy atom. The highest BCUT2D eigenvalue weighted by atomic mass is 127. The van der Waals surface area contributed by atoms with Gasteiger partial charge in [-0.3, -0.25) is 10.1 Å². The lowest BCUT2D eigenvalue weighted by Gasteiger charge is -2.21. The number of nitrogens with one attached hydrogen (secondary N) is 2. The second kappa shape index (κ2) is 10.6. The number of carbonyl (C=O) groups excluding carboxylic acids is 1. The molecule has 4 aliphatic rings. The van der Waals surface area contributed by atoms with E-state index in [1.165, 1.54) is 22.3 Å².